The monoisotopic (exact) mass is 285 g/mol. The molecule has 3 rings (SSSR count). The highest BCUT2D eigenvalue weighted by molar-refractivity contribution is 5.73. The molecule has 2 bridgehead atoms. The lowest BCUT2D eigenvalue weighted by Crippen LogP contribution is -2.62. The van der Waals surface area contributed by atoms with Gasteiger partial charge in [0.1, 0.15) is 0 Å². The third kappa shape index (κ3) is 3.80. The number of nitrogens with two attached hydrogens (primary N) is 1. The van der Waals surface area contributed by atoms with Crippen LogP contribution in [-0.2, 0) is 9.53 Å². The average molecular weight is 285 g/mol. The van der Waals surface area contributed by atoms with Gasteiger partial charge in [-0.1, -0.05) is 0 Å². The van der Waals surface area contributed by atoms with Crippen molar-refractivity contribution < 1.29 is 32.9 Å². The summed E-state index contributed by atoms with van der Waals surface area (Å²) >= 11 is 0. The van der Waals surface area contributed by atoms with Gasteiger partial charge in [-0.25, -0.2) is 4.79 Å². The molecule has 8 heteroatoms. The summed E-state index contributed by atoms with van der Waals surface area (Å²) in [7, 11) is 0. The van der Waals surface area contributed by atoms with Crippen molar-refractivity contribution in [3.8, 4) is 0 Å². The van der Waals surface area contributed by atoms with Crippen molar-refractivity contribution in [3.05, 3.63) is 0 Å². The molecule has 0 aromatic heterocycles. The number of aliphatic carboxylic acids is 1. The fourth-order valence-corrected chi connectivity index (χ4v) is 2.29. The predicted molar refractivity (Wildman–Crippen MR) is 59.4 cm³/mol. The number of halogens is 3. The van der Waals surface area contributed by atoms with Crippen LogP contribution >= 0.6 is 0 Å². The quantitative estimate of drug-likeness (QED) is 0.669. The van der Waals surface area contributed by atoms with Gasteiger partial charge in [0.25, 0.3) is 0 Å². The second-order valence-corrected chi connectivity index (χ2v) is 5.19. The minimum Gasteiger partial charge on any atom is -0.475 e. The third-order valence-corrected chi connectivity index (χ3v) is 3.74. The van der Waals surface area contributed by atoms with E-state index in [-0.39, 0.29) is 17.2 Å². The molecule has 0 spiro atoms. The fraction of sp³-hybridized carbons (Fsp3) is 0.909. The molecule has 5 nitrogen and oxygen atoms in total. The molecule has 19 heavy (non-hydrogen) atoms. The molecule has 1 unspecified atom stereocenters. The molecule has 4 N–H and O–H groups in total. The molecule has 3 fully saturated rings. The van der Waals surface area contributed by atoms with E-state index >= 15 is 0 Å². The van der Waals surface area contributed by atoms with Crippen LogP contribution in [0.5, 0.6) is 0 Å². The molecule has 1 atom stereocenters. The average Bonchev–Trinajstić information content (AvgIpc) is 2.29. The van der Waals surface area contributed by atoms with Gasteiger partial charge in [0.15, 0.2) is 0 Å². The Bertz CT molecular complexity index is 319. The number of aliphatic hydroxyl groups excluding tert-OH is 1. The van der Waals surface area contributed by atoms with Gasteiger partial charge in [0.05, 0.1) is 18.3 Å². The SMILES string of the molecule is CC(O)C12CCC(N)(CC1)CO2.O=C(O)C(F)(F)F. The Balaban J connectivity index is 0.000000224. The molecule has 2 heterocycles. The number of aliphatic hydroxyl groups is 1. The first-order valence-corrected chi connectivity index (χ1v) is 5.92. The summed E-state index contributed by atoms with van der Waals surface area (Å²) in [5, 5.41) is 16.7. The second-order valence-electron chi connectivity index (χ2n) is 5.19. The Labute approximate surface area is 108 Å². The second kappa shape index (κ2) is 5.26. The number of carbonyl (C=O) groups is 1. The molecule has 3 aliphatic rings. The fourth-order valence-electron chi connectivity index (χ4n) is 2.29. The number of ether oxygens (including phenoxy) is 1. The van der Waals surface area contributed by atoms with Crippen molar-refractivity contribution in [2.75, 3.05) is 6.61 Å². The number of fused-ring (bicyclic) bond motifs is 3. The summed E-state index contributed by atoms with van der Waals surface area (Å²) in [6.07, 6.45) is -1.61. The maximum absolute atomic E-state index is 10.6. The Morgan fingerprint density at radius 1 is 1.32 bits per heavy atom. The van der Waals surface area contributed by atoms with Crippen LogP contribution in [0.15, 0.2) is 0 Å². The molecule has 2 aliphatic heterocycles. The molecule has 0 amide bonds. The highest BCUT2D eigenvalue weighted by atomic mass is 19.4. The molecule has 1 aliphatic carbocycles. The van der Waals surface area contributed by atoms with Crippen LogP contribution in [0.3, 0.4) is 0 Å². The van der Waals surface area contributed by atoms with Crippen molar-refractivity contribution in [2.45, 2.75) is 56.0 Å². The van der Waals surface area contributed by atoms with E-state index in [0.717, 1.165) is 25.7 Å². The Hall–Kier alpha value is -0.860. The normalized spacial score (nSPS) is 35.3. The van der Waals surface area contributed by atoms with Crippen molar-refractivity contribution >= 4 is 5.97 Å². The largest absolute Gasteiger partial charge is 0.490 e. The van der Waals surface area contributed by atoms with Crippen LogP contribution in [0.4, 0.5) is 13.2 Å². The van der Waals surface area contributed by atoms with Crippen molar-refractivity contribution in [1.82, 2.24) is 0 Å². The summed E-state index contributed by atoms with van der Waals surface area (Å²) in [4.78, 5) is 8.90. The minimum atomic E-state index is -5.08. The van der Waals surface area contributed by atoms with Gasteiger partial charge >= 0.3 is 12.1 Å². The van der Waals surface area contributed by atoms with Crippen LogP contribution in [0.25, 0.3) is 0 Å². The van der Waals surface area contributed by atoms with Crippen LogP contribution in [0.1, 0.15) is 32.6 Å². The van der Waals surface area contributed by atoms with Gasteiger partial charge in [-0.15, -0.1) is 0 Å². The van der Waals surface area contributed by atoms with E-state index in [9.17, 15) is 18.3 Å². The van der Waals surface area contributed by atoms with Crippen LogP contribution in [0, 0.1) is 0 Å². The zero-order chi connectivity index (χ0) is 14.9. The number of carboxylic acids is 1. The van der Waals surface area contributed by atoms with Crippen LogP contribution in [0.2, 0.25) is 0 Å². The zero-order valence-corrected chi connectivity index (χ0v) is 10.5. The number of alkyl halides is 3. The Morgan fingerprint density at radius 3 is 1.95 bits per heavy atom. The first-order valence-electron chi connectivity index (χ1n) is 5.92. The molecular formula is C11H18F3NO4. The van der Waals surface area contributed by atoms with Gasteiger partial charge < -0.3 is 20.7 Å². The topological polar surface area (TPSA) is 92.8 Å². The summed E-state index contributed by atoms with van der Waals surface area (Å²) in [5.41, 5.74) is 5.70. The van der Waals surface area contributed by atoms with Crippen molar-refractivity contribution in [1.29, 1.82) is 0 Å². The molecule has 0 aromatic carbocycles. The van der Waals surface area contributed by atoms with E-state index < -0.39 is 12.1 Å². The summed E-state index contributed by atoms with van der Waals surface area (Å²) in [6, 6.07) is 0. The number of rotatable bonds is 1. The minimum absolute atomic E-state index is 0.0867. The van der Waals surface area contributed by atoms with E-state index in [1.54, 1.807) is 0 Å². The van der Waals surface area contributed by atoms with E-state index in [0.29, 0.717) is 6.61 Å². The van der Waals surface area contributed by atoms with Crippen molar-refractivity contribution in [2.24, 2.45) is 5.73 Å². The lowest BCUT2D eigenvalue weighted by molar-refractivity contribution is -0.197. The third-order valence-electron chi connectivity index (χ3n) is 3.74. The maximum atomic E-state index is 10.6. The molecule has 0 aromatic rings. The van der Waals surface area contributed by atoms with Gasteiger partial charge in [0, 0.05) is 5.54 Å². The predicted octanol–water partition coefficient (Wildman–Crippen LogP) is 1.04. The highest BCUT2D eigenvalue weighted by Crippen LogP contribution is 2.43. The molecule has 0 radical (unpaired) electrons. The maximum Gasteiger partial charge on any atom is 0.490 e. The summed E-state index contributed by atoms with van der Waals surface area (Å²) < 4.78 is 37.4. The number of carboxylic acid groups (broad SMARTS) is 1. The molecule has 2 saturated heterocycles. The summed E-state index contributed by atoms with van der Waals surface area (Å²) in [5.74, 6) is -2.76. The van der Waals surface area contributed by atoms with Crippen molar-refractivity contribution in [3.63, 3.8) is 0 Å². The molecule has 1 saturated carbocycles. The lowest BCUT2D eigenvalue weighted by atomic mass is 9.70. The van der Waals surface area contributed by atoms with E-state index in [4.69, 9.17) is 20.4 Å². The molecule has 112 valence electrons. The number of hydrogen-bond donors (Lipinski definition) is 3. The highest BCUT2D eigenvalue weighted by Gasteiger charge is 2.50. The summed E-state index contributed by atoms with van der Waals surface area (Å²) in [6.45, 7) is 2.44. The Morgan fingerprint density at radius 2 is 1.74 bits per heavy atom. The van der Waals surface area contributed by atoms with E-state index in [1.807, 2.05) is 6.92 Å². The standard InChI is InChI=1S/C9H17NO2.C2HF3O2/c1-7(11)9-4-2-8(10,3-5-9)6-12-9;3-2(4,5)1(6)7/h7,11H,2-6,10H2,1H3;(H,6,7). The number of hydrogen-bond acceptors (Lipinski definition) is 4. The lowest BCUT2D eigenvalue weighted by Gasteiger charge is -2.52. The first-order chi connectivity index (χ1) is 8.51. The Kier molecular flexibility index (Phi) is 4.48. The first kappa shape index (κ1) is 16.2. The van der Waals surface area contributed by atoms with Crippen LogP contribution < -0.4 is 5.73 Å². The van der Waals surface area contributed by atoms with Gasteiger partial charge in [-0.05, 0) is 32.6 Å². The van der Waals surface area contributed by atoms with Gasteiger partial charge in [-0.2, -0.15) is 13.2 Å². The van der Waals surface area contributed by atoms with E-state index in [2.05, 4.69) is 0 Å². The van der Waals surface area contributed by atoms with Gasteiger partial charge in [-0.3, -0.25) is 0 Å². The van der Waals surface area contributed by atoms with Gasteiger partial charge in [0.2, 0.25) is 0 Å². The van der Waals surface area contributed by atoms with Crippen LogP contribution in [-0.4, -0.2) is 46.2 Å². The smallest absolute Gasteiger partial charge is 0.475 e. The zero-order valence-electron chi connectivity index (χ0n) is 10.5. The molecular weight excluding hydrogens is 267 g/mol. The van der Waals surface area contributed by atoms with E-state index in [1.165, 1.54) is 0 Å².